The van der Waals surface area contributed by atoms with E-state index in [1.165, 1.54) is 6.07 Å². The molecule has 66 heavy (non-hydrogen) atoms. The number of aromatic nitrogens is 1. The summed E-state index contributed by atoms with van der Waals surface area (Å²) in [4.78, 5) is 57.7. The maximum atomic E-state index is 15.0. The summed E-state index contributed by atoms with van der Waals surface area (Å²) >= 11 is 0. The molecule has 2 aliphatic heterocycles. The van der Waals surface area contributed by atoms with Crippen molar-refractivity contribution in [3.05, 3.63) is 113 Å². The minimum absolute atomic E-state index is 0.0342. The summed E-state index contributed by atoms with van der Waals surface area (Å²) < 4.78 is 26.0. The Morgan fingerprint density at radius 1 is 1.03 bits per heavy atom. The van der Waals surface area contributed by atoms with Crippen molar-refractivity contribution in [1.82, 2.24) is 20.6 Å². The van der Waals surface area contributed by atoms with Crippen LogP contribution >= 0.6 is 21.6 Å². The molecule has 1 aliphatic carbocycles. The molecule has 4 aromatic rings. The molecule has 18 heteroatoms. The summed E-state index contributed by atoms with van der Waals surface area (Å²) in [6, 6.07) is 21.3. The molecule has 7 rings (SSSR count). The molecule has 3 amide bonds. The van der Waals surface area contributed by atoms with E-state index < -0.39 is 22.8 Å². The van der Waals surface area contributed by atoms with E-state index in [1.54, 1.807) is 58.2 Å². The van der Waals surface area contributed by atoms with Crippen LogP contribution in [-0.4, -0.2) is 99.4 Å². The third-order valence-electron chi connectivity index (χ3n) is 11.5. The van der Waals surface area contributed by atoms with Gasteiger partial charge in [-0.15, -0.1) is 0 Å². The number of benzene rings is 3. The highest BCUT2D eigenvalue weighted by atomic mass is 33.1. The van der Waals surface area contributed by atoms with E-state index in [2.05, 4.69) is 31.0 Å². The molecule has 1 saturated heterocycles. The molecule has 350 valence electrons. The Morgan fingerprint density at radius 3 is 2.58 bits per heavy atom. The number of ether oxygens (including phenoxy) is 2. The van der Waals surface area contributed by atoms with E-state index >= 15 is 4.39 Å². The first-order valence-electron chi connectivity index (χ1n) is 22.1. The fraction of sp³-hybridized carbons (Fsp3) is 0.417. The second-order valence-electron chi connectivity index (χ2n) is 17.1. The third-order valence-corrected chi connectivity index (χ3v) is 14.8. The number of aliphatic carboxylic acids is 1. The number of rotatable bonds is 21. The lowest BCUT2D eigenvalue weighted by molar-refractivity contribution is -0.137. The van der Waals surface area contributed by atoms with Crippen LogP contribution in [0.4, 0.5) is 15.8 Å². The number of nitrogens with one attached hydrogen (secondary N) is 3. The van der Waals surface area contributed by atoms with Gasteiger partial charge in [-0.2, -0.15) is 5.10 Å². The van der Waals surface area contributed by atoms with E-state index in [0.29, 0.717) is 91.8 Å². The number of aliphatic hydroxyl groups is 1. The number of hydrogen-bond acceptors (Lipinski definition) is 13. The van der Waals surface area contributed by atoms with Gasteiger partial charge >= 0.3 is 5.97 Å². The number of pyridine rings is 1. The predicted molar refractivity (Wildman–Crippen MR) is 254 cm³/mol. The van der Waals surface area contributed by atoms with Crippen LogP contribution in [0.3, 0.4) is 0 Å². The van der Waals surface area contributed by atoms with Gasteiger partial charge in [0.15, 0.2) is 0 Å². The Balaban J connectivity index is 0.768. The topological polar surface area (TPSA) is 195 Å². The van der Waals surface area contributed by atoms with E-state index in [-0.39, 0.29) is 55.6 Å². The van der Waals surface area contributed by atoms with Gasteiger partial charge in [0.25, 0.3) is 0 Å². The normalized spacial score (nSPS) is 17.9. The Morgan fingerprint density at radius 2 is 1.83 bits per heavy atom. The molecule has 2 fully saturated rings. The number of amides is 3. The summed E-state index contributed by atoms with van der Waals surface area (Å²) in [6.45, 7) is 7.28. The number of aliphatic hydroxyl groups excluding tert-OH is 1. The van der Waals surface area contributed by atoms with Crippen molar-refractivity contribution < 1.29 is 43.3 Å². The molecule has 3 aliphatic rings. The number of hydrazone groups is 1. The highest BCUT2D eigenvalue weighted by molar-refractivity contribution is 8.77. The molecule has 15 nitrogen and oxygen atoms in total. The van der Waals surface area contributed by atoms with Crippen molar-refractivity contribution in [3.8, 4) is 11.5 Å². The number of hydrogen-bond donors (Lipinski definition) is 5. The minimum Gasteiger partial charge on any atom is -0.493 e. The van der Waals surface area contributed by atoms with Gasteiger partial charge in [0, 0.05) is 116 Å². The van der Waals surface area contributed by atoms with Crippen molar-refractivity contribution in [2.75, 3.05) is 55.4 Å². The van der Waals surface area contributed by atoms with Crippen molar-refractivity contribution in [2.45, 2.75) is 75.8 Å². The van der Waals surface area contributed by atoms with Crippen molar-refractivity contribution in [1.29, 1.82) is 0 Å². The Bertz CT molecular complexity index is 2370. The number of piperazine rings is 1. The summed E-state index contributed by atoms with van der Waals surface area (Å²) in [5.41, 5.74) is 7.55. The van der Waals surface area contributed by atoms with E-state index in [1.807, 2.05) is 61.2 Å². The molecule has 5 N–H and O–H groups in total. The van der Waals surface area contributed by atoms with Crippen molar-refractivity contribution in [2.24, 2.45) is 11.0 Å². The van der Waals surface area contributed by atoms with Crippen LogP contribution in [0.5, 0.6) is 11.5 Å². The summed E-state index contributed by atoms with van der Waals surface area (Å²) in [7, 11) is 3.15. The number of carboxylic acids is 1. The van der Waals surface area contributed by atoms with Crippen molar-refractivity contribution in [3.63, 3.8) is 0 Å². The number of carbonyl (C=O) groups excluding carboxylic acids is 3. The molecule has 0 bridgehead atoms. The lowest BCUT2D eigenvalue weighted by atomic mass is 10.0. The van der Waals surface area contributed by atoms with Crippen molar-refractivity contribution >= 4 is 62.4 Å². The van der Waals surface area contributed by atoms with Gasteiger partial charge in [0.1, 0.15) is 23.5 Å². The molecule has 3 unspecified atom stereocenters. The quantitative estimate of drug-likeness (QED) is 0.0252. The number of fused-ring (bicyclic) bond motifs is 1. The lowest BCUT2D eigenvalue weighted by Crippen LogP contribution is -2.48. The molecular weight excluding hydrogens is 886 g/mol. The summed E-state index contributed by atoms with van der Waals surface area (Å²) in [5.74, 6) is 0.135. The standard InChI is InChI=1S/C48H56FN7O8S2/c1-48(2,28-43(57)54-53-41-15-23-64-42-26-36(13-14-37(41)42)63-22-4-6-45(59)60)66-65-24-16-44(58)56-20-18-55(19-21-56)35-11-8-31(9-12-35)46(61)51-30-33-7-10-34(25-40(33)49)52-47(62)39-27-38(39)32-5-3-17-50-29-32/h3,5,7-14,17,25-26,29,38-39,46,51,61H,4,6,15-16,18-24,27-28,30H2,1-2H3,(H,52,62)(H,54,57)(H,59,60)/b53-41+. The van der Waals surface area contributed by atoms with Gasteiger partial charge in [-0.25, -0.2) is 9.82 Å². The molecule has 1 aromatic heterocycles. The zero-order chi connectivity index (χ0) is 46.6. The highest BCUT2D eigenvalue weighted by Crippen LogP contribution is 2.47. The first-order valence-corrected chi connectivity index (χ1v) is 24.4. The van der Waals surface area contributed by atoms with Crippen LogP contribution in [0, 0.1) is 11.7 Å². The summed E-state index contributed by atoms with van der Waals surface area (Å²) in [5, 5.41) is 29.9. The SMILES string of the molecule is CC(C)(CC(=O)N/N=C1\CCOc2cc(OCCCC(=O)O)ccc21)SSCCC(=O)N1CCN(c2ccc(C(O)NCc3ccc(NC(=O)C4CC4c4cccnc4)cc3F)cc2)CC1. The van der Waals surface area contributed by atoms with E-state index in [0.717, 1.165) is 23.2 Å². The van der Waals surface area contributed by atoms with Crippen LogP contribution < -0.4 is 30.4 Å². The van der Waals surface area contributed by atoms with Gasteiger partial charge in [-0.3, -0.25) is 29.5 Å². The van der Waals surface area contributed by atoms with E-state index in [9.17, 15) is 24.3 Å². The zero-order valence-electron chi connectivity index (χ0n) is 37.0. The van der Waals surface area contributed by atoms with Gasteiger partial charge in [0.05, 0.1) is 18.9 Å². The number of nitrogens with zero attached hydrogens (tertiary/aromatic N) is 4. The number of carboxylic acid groups (broad SMARTS) is 1. The summed E-state index contributed by atoms with van der Waals surface area (Å²) in [6.07, 6.45) is 4.77. The fourth-order valence-corrected chi connectivity index (χ4v) is 10.3. The second kappa shape index (κ2) is 22.7. The first kappa shape index (κ1) is 48.2. The maximum Gasteiger partial charge on any atom is 0.303 e. The minimum atomic E-state index is -1.02. The predicted octanol–water partition coefficient (Wildman–Crippen LogP) is 6.88. The smallest absolute Gasteiger partial charge is 0.303 e. The van der Waals surface area contributed by atoms with Gasteiger partial charge < -0.3 is 34.8 Å². The number of carbonyl (C=O) groups is 4. The van der Waals surface area contributed by atoms with Crippen LogP contribution in [0.2, 0.25) is 0 Å². The third kappa shape index (κ3) is 13.7. The molecule has 0 radical (unpaired) electrons. The highest BCUT2D eigenvalue weighted by Gasteiger charge is 2.44. The largest absolute Gasteiger partial charge is 0.493 e. The Kier molecular flexibility index (Phi) is 16.6. The number of halogens is 1. The molecular formula is C48H56FN7O8S2. The van der Waals surface area contributed by atoms with Gasteiger partial charge in [0.2, 0.25) is 17.7 Å². The monoisotopic (exact) mass is 941 g/mol. The second-order valence-corrected chi connectivity index (χ2v) is 20.2. The lowest BCUT2D eigenvalue weighted by Gasteiger charge is -2.36. The van der Waals surface area contributed by atoms with Gasteiger partial charge in [-0.05, 0) is 86.2 Å². The number of anilines is 2. The fourth-order valence-electron chi connectivity index (χ4n) is 7.80. The van der Waals surface area contributed by atoms with Gasteiger partial charge in [-0.1, -0.05) is 45.9 Å². The molecule has 1 saturated carbocycles. The van der Waals surface area contributed by atoms with Crippen LogP contribution in [0.1, 0.15) is 86.8 Å². The average Bonchev–Trinajstić information content (AvgIpc) is 4.13. The maximum absolute atomic E-state index is 15.0. The van der Waals surface area contributed by atoms with E-state index in [4.69, 9.17) is 14.6 Å². The molecule has 0 spiro atoms. The molecule has 3 atom stereocenters. The first-order chi connectivity index (χ1) is 31.8. The Labute approximate surface area is 391 Å². The Hall–Kier alpha value is -5.69. The molecule has 3 aromatic carbocycles. The van der Waals surface area contributed by atoms with Crippen LogP contribution in [0.25, 0.3) is 0 Å². The van der Waals surface area contributed by atoms with Crippen LogP contribution in [0.15, 0.2) is 90.3 Å². The molecule has 3 heterocycles. The van der Waals surface area contributed by atoms with Crippen LogP contribution in [-0.2, 0) is 25.7 Å². The zero-order valence-corrected chi connectivity index (χ0v) is 38.7. The average molecular weight is 942 g/mol.